The number of rotatable bonds is 4. The molecule has 1 aliphatic heterocycles. The summed E-state index contributed by atoms with van der Waals surface area (Å²) in [5.74, 6) is 0.705. The van der Waals surface area contributed by atoms with E-state index in [1.54, 1.807) is 0 Å². The van der Waals surface area contributed by atoms with Gasteiger partial charge in [-0.3, -0.25) is 4.79 Å². The van der Waals surface area contributed by atoms with E-state index in [-0.39, 0.29) is 11.4 Å². The highest BCUT2D eigenvalue weighted by atomic mass is 79.9. The maximum Gasteiger partial charge on any atom is 0.220 e. The van der Waals surface area contributed by atoms with Crippen molar-refractivity contribution in [3.05, 3.63) is 33.3 Å². The number of halogens is 2. The van der Waals surface area contributed by atoms with Gasteiger partial charge in [0.25, 0.3) is 0 Å². The van der Waals surface area contributed by atoms with Crippen LogP contribution in [0.2, 0.25) is 5.02 Å². The molecule has 0 bridgehead atoms. The molecule has 1 saturated heterocycles. The minimum Gasteiger partial charge on any atom is -0.350 e. The van der Waals surface area contributed by atoms with Crippen LogP contribution < -0.4 is 5.32 Å². The van der Waals surface area contributed by atoms with E-state index in [4.69, 9.17) is 11.6 Å². The average Bonchev–Trinajstić information content (AvgIpc) is 2.64. The van der Waals surface area contributed by atoms with Crippen molar-refractivity contribution in [2.45, 2.75) is 45.1 Å². The second-order valence-corrected chi connectivity index (χ2v) is 7.16. The van der Waals surface area contributed by atoms with Gasteiger partial charge in [0, 0.05) is 21.5 Å². The summed E-state index contributed by atoms with van der Waals surface area (Å²) in [5.41, 5.74) is 0.967. The first kappa shape index (κ1) is 14.9. The predicted octanol–water partition coefficient (Wildman–Crippen LogP) is 4.34. The topological polar surface area (TPSA) is 29.1 Å². The van der Waals surface area contributed by atoms with Gasteiger partial charge in [0.1, 0.15) is 0 Å². The number of hydrogen-bond donors (Lipinski definition) is 1. The first-order valence-electron chi connectivity index (χ1n) is 6.65. The van der Waals surface area contributed by atoms with Crippen molar-refractivity contribution in [1.29, 1.82) is 0 Å². The largest absolute Gasteiger partial charge is 0.350 e. The summed E-state index contributed by atoms with van der Waals surface area (Å²) in [7, 11) is 0. The zero-order valence-corrected chi connectivity index (χ0v) is 13.6. The Morgan fingerprint density at radius 1 is 1.47 bits per heavy atom. The molecule has 0 spiro atoms. The van der Waals surface area contributed by atoms with Gasteiger partial charge in [-0.1, -0.05) is 41.4 Å². The molecule has 2 rings (SSSR count). The molecule has 1 aromatic rings. The lowest BCUT2D eigenvalue weighted by Gasteiger charge is -2.31. The summed E-state index contributed by atoms with van der Waals surface area (Å²) in [6.07, 6.45) is 3.31. The third-order valence-corrected chi connectivity index (χ3v) is 4.43. The van der Waals surface area contributed by atoms with Crippen LogP contribution in [0.3, 0.4) is 0 Å². The molecule has 104 valence electrons. The Balaban J connectivity index is 2.25. The molecule has 1 amide bonds. The highest BCUT2D eigenvalue weighted by molar-refractivity contribution is 9.10. The Kier molecular flexibility index (Phi) is 4.57. The minimum atomic E-state index is -0.129. The lowest BCUT2D eigenvalue weighted by molar-refractivity contribution is -0.119. The standard InChI is InChI=1S/C15H19BrClNO/c1-10(2)8-15(6-5-14(19)18-15)9-11-7-12(16)3-4-13(11)17/h3-4,7,10H,5-6,8-9H2,1-2H3,(H,18,19). The van der Waals surface area contributed by atoms with Crippen LogP contribution in [0, 0.1) is 5.92 Å². The van der Waals surface area contributed by atoms with E-state index in [0.29, 0.717) is 12.3 Å². The zero-order valence-electron chi connectivity index (χ0n) is 11.3. The van der Waals surface area contributed by atoms with E-state index in [9.17, 15) is 4.79 Å². The van der Waals surface area contributed by atoms with Gasteiger partial charge in [-0.15, -0.1) is 0 Å². The molecule has 1 atom stereocenters. The van der Waals surface area contributed by atoms with Crippen LogP contribution in [0.5, 0.6) is 0 Å². The highest BCUT2D eigenvalue weighted by Gasteiger charge is 2.38. The molecular formula is C15H19BrClNO. The van der Waals surface area contributed by atoms with Gasteiger partial charge >= 0.3 is 0 Å². The molecule has 19 heavy (non-hydrogen) atoms. The van der Waals surface area contributed by atoms with Crippen LogP contribution in [0.15, 0.2) is 22.7 Å². The molecule has 0 saturated carbocycles. The molecule has 1 aromatic carbocycles. The molecule has 0 aliphatic carbocycles. The Labute approximate surface area is 128 Å². The fourth-order valence-corrected chi connectivity index (χ4v) is 3.55. The number of nitrogens with one attached hydrogen (secondary N) is 1. The number of carbonyl (C=O) groups excluding carboxylic acids is 1. The number of benzene rings is 1. The molecule has 1 heterocycles. The van der Waals surface area contributed by atoms with E-state index in [0.717, 1.165) is 34.3 Å². The molecule has 1 N–H and O–H groups in total. The second-order valence-electron chi connectivity index (χ2n) is 5.84. The fourth-order valence-electron chi connectivity index (χ4n) is 2.96. The predicted molar refractivity (Wildman–Crippen MR) is 82.4 cm³/mol. The molecule has 0 aromatic heterocycles. The van der Waals surface area contributed by atoms with Gasteiger partial charge in [0.2, 0.25) is 5.91 Å². The molecule has 2 nitrogen and oxygen atoms in total. The Morgan fingerprint density at radius 3 is 2.79 bits per heavy atom. The lowest BCUT2D eigenvalue weighted by Crippen LogP contribution is -2.44. The first-order valence-corrected chi connectivity index (χ1v) is 7.82. The van der Waals surface area contributed by atoms with Gasteiger partial charge in [-0.05, 0) is 48.9 Å². The van der Waals surface area contributed by atoms with E-state index in [1.165, 1.54) is 0 Å². The van der Waals surface area contributed by atoms with Crippen LogP contribution in [0.4, 0.5) is 0 Å². The van der Waals surface area contributed by atoms with Crippen molar-refractivity contribution in [1.82, 2.24) is 5.32 Å². The van der Waals surface area contributed by atoms with Crippen LogP contribution >= 0.6 is 27.5 Å². The summed E-state index contributed by atoms with van der Waals surface area (Å²) in [5, 5.41) is 3.95. The van der Waals surface area contributed by atoms with Gasteiger partial charge in [-0.2, -0.15) is 0 Å². The quantitative estimate of drug-likeness (QED) is 0.865. The summed E-state index contributed by atoms with van der Waals surface area (Å²) >= 11 is 9.76. The molecule has 1 fully saturated rings. The molecule has 1 aliphatic rings. The third kappa shape index (κ3) is 3.73. The first-order chi connectivity index (χ1) is 8.90. The second kappa shape index (κ2) is 5.84. The van der Waals surface area contributed by atoms with E-state index >= 15 is 0 Å². The SMILES string of the molecule is CC(C)CC1(Cc2cc(Br)ccc2Cl)CCC(=O)N1. The van der Waals surface area contributed by atoms with Crippen molar-refractivity contribution in [2.75, 3.05) is 0 Å². The van der Waals surface area contributed by atoms with E-state index < -0.39 is 0 Å². The normalized spacial score (nSPS) is 22.9. The smallest absolute Gasteiger partial charge is 0.220 e. The van der Waals surface area contributed by atoms with Crippen LogP contribution in [0.1, 0.15) is 38.7 Å². The van der Waals surface area contributed by atoms with Crippen molar-refractivity contribution >= 4 is 33.4 Å². The minimum absolute atomic E-state index is 0.129. The fraction of sp³-hybridized carbons (Fsp3) is 0.533. The summed E-state index contributed by atoms with van der Waals surface area (Å²) in [6, 6.07) is 5.89. The molecule has 1 unspecified atom stereocenters. The molecule has 0 radical (unpaired) electrons. The van der Waals surface area contributed by atoms with Crippen molar-refractivity contribution < 1.29 is 4.79 Å². The monoisotopic (exact) mass is 343 g/mol. The van der Waals surface area contributed by atoms with Crippen LogP contribution in [-0.4, -0.2) is 11.4 Å². The summed E-state index contributed by atoms with van der Waals surface area (Å²) in [4.78, 5) is 11.6. The van der Waals surface area contributed by atoms with Gasteiger partial charge < -0.3 is 5.32 Å². The van der Waals surface area contributed by atoms with Crippen LogP contribution in [0.25, 0.3) is 0 Å². The maximum atomic E-state index is 11.6. The number of hydrogen-bond acceptors (Lipinski definition) is 1. The average molecular weight is 345 g/mol. The summed E-state index contributed by atoms with van der Waals surface area (Å²) in [6.45, 7) is 4.38. The van der Waals surface area contributed by atoms with Crippen molar-refractivity contribution in [3.8, 4) is 0 Å². The van der Waals surface area contributed by atoms with E-state index in [1.807, 2.05) is 12.1 Å². The maximum absolute atomic E-state index is 11.6. The molecule has 4 heteroatoms. The van der Waals surface area contributed by atoms with Gasteiger partial charge in [0.05, 0.1) is 0 Å². The number of amides is 1. The highest BCUT2D eigenvalue weighted by Crippen LogP contribution is 2.34. The Bertz CT molecular complexity index is 489. The van der Waals surface area contributed by atoms with Crippen molar-refractivity contribution in [3.63, 3.8) is 0 Å². The van der Waals surface area contributed by atoms with E-state index in [2.05, 4.69) is 41.2 Å². The zero-order chi connectivity index (χ0) is 14.0. The molecular weight excluding hydrogens is 326 g/mol. The number of carbonyl (C=O) groups is 1. The summed E-state index contributed by atoms with van der Waals surface area (Å²) < 4.78 is 1.02. The third-order valence-electron chi connectivity index (χ3n) is 3.57. The Morgan fingerprint density at radius 2 is 2.21 bits per heavy atom. The lowest BCUT2D eigenvalue weighted by atomic mass is 9.82. The van der Waals surface area contributed by atoms with Gasteiger partial charge in [0.15, 0.2) is 0 Å². The van der Waals surface area contributed by atoms with Crippen molar-refractivity contribution in [2.24, 2.45) is 5.92 Å². The van der Waals surface area contributed by atoms with Crippen LogP contribution in [-0.2, 0) is 11.2 Å². The Hall–Kier alpha value is -0.540. The van der Waals surface area contributed by atoms with Gasteiger partial charge in [-0.25, -0.2) is 0 Å².